The van der Waals surface area contributed by atoms with Crippen molar-refractivity contribution >= 4 is 0 Å². The van der Waals surface area contributed by atoms with Gasteiger partial charge in [0.25, 0.3) is 0 Å². The summed E-state index contributed by atoms with van der Waals surface area (Å²) in [6, 6.07) is 0. The Balaban J connectivity index is 3.11. The third kappa shape index (κ3) is 5.92. The van der Waals surface area contributed by atoms with Crippen molar-refractivity contribution in [3.05, 3.63) is 0 Å². The summed E-state index contributed by atoms with van der Waals surface area (Å²) in [5.74, 6) is 0. The molecule has 8 heavy (non-hydrogen) atoms. The van der Waals surface area contributed by atoms with Gasteiger partial charge in [-0.15, -0.1) is 0 Å². The summed E-state index contributed by atoms with van der Waals surface area (Å²) in [4.78, 5) is 0. The number of aliphatic hydroxyl groups is 1. The maximum atomic E-state index is 8.42. The smallest absolute Gasteiger partial charge is 0.0802 e. The standard InChI is InChI=1S/C6H16NO/c1-7(2,3)5-4-6-8/h8H,4-6H2,1-3H3/q+1. The maximum absolute atomic E-state index is 8.42. The molecule has 0 unspecified atom stereocenters. The van der Waals surface area contributed by atoms with Crippen molar-refractivity contribution in [2.45, 2.75) is 6.42 Å². The molecule has 0 radical (unpaired) electrons. The molecule has 2 heteroatoms. The Bertz CT molecular complexity index is 56.0. The molecule has 0 amide bonds. The van der Waals surface area contributed by atoms with E-state index in [0.29, 0.717) is 6.61 Å². The first-order chi connectivity index (χ1) is 3.56. The first kappa shape index (κ1) is 7.92. The minimum Gasteiger partial charge on any atom is -0.396 e. The summed E-state index contributed by atoms with van der Waals surface area (Å²) in [6.07, 6.45) is 0.906. The van der Waals surface area contributed by atoms with Gasteiger partial charge in [0.15, 0.2) is 0 Å². The number of hydrogen-bond donors (Lipinski definition) is 1. The highest BCUT2D eigenvalue weighted by Crippen LogP contribution is 1.90. The Morgan fingerprint density at radius 2 is 1.75 bits per heavy atom. The SMILES string of the molecule is C[N+](C)(C)CCCO. The third-order valence-electron chi connectivity index (χ3n) is 0.987. The van der Waals surface area contributed by atoms with Crippen molar-refractivity contribution in [1.29, 1.82) is 0 Å². The van der Waals surface area contributed by atoms with Crippen LogP contribution < -0.4 is 0 Å². The zero-order valence-corrected chi connectivity index (χ0v) is 6.02. The van der Waals surface area contributed by atoms with Crippen LogP contribution in [0.1, 0.15) is 6.42 Å². The second-order valence-corrected chi connectivity index (χ2v) is 3.09. The van der Waals surface area contributed by atoms with E-state index in [4.69, 9.17) is 5.11 Å². The van der Waals surface area contributed by atoms with Gasteiger partial charge in [-0.05, 0) is 0 Å². The average Bonchev–Trinajstić information content (AvgIpc) is 1.59. The first-order valence-corrected chi connectivity index (χ1v) is 2.97. The van der Waals surface area contributed by atoms with Crippen LogP contribution in [0.15, 0.2) is 0 Å². The molecule has 0 aliphatic carbocycles. The Morgan fingerprint density at radius 1 is 1.25 bits per heavy atom. The van der Waals surface area contributed by atoms with E-state index in [9.17, 15) is 0 Å². The van der Waals surface area contributed by atoms with Crippen LogP contribution in [0.4, 0.5) is 0 Å². The predicted molar refractivity (Wildman–Crippen MR) is 34.6 cm³/mol. The normalized spacial score (nSPS) is 12.0. The fourth-order valence-electron chi connectivity index (χ4n) is 0.545. The quantitative estimate of drug-likeness (QED) is 0.520. The summed E-state index contributed by atoms with van der Waals surface area (Å²) >= 11 is 0. The van der Waals surface area contributed by atoms with Gasteiger partial charge in [-0.3, -0.25) is 0 Å². The van der Waals surface area contributed by atoms with Crippen molar-refractivity contribution in [2.75, 3.05) is 34.3 Å². The van der Waals surface area contributed by atoms with E-state index in [-0.39, 0.29) is 0 Å². The molecule has 0 aromatic heterocycles. The van der Waals surface area contributed by atoms with Crippen molar-refractivity contribution < 1.29 is 9.59 Å². The third-order valence-corrected chi connectivity index (χ3v) is 0.987. The average molecular weight is 118 g/mol. The fourth-order valence-corrected chi connectivity index (χ4v) is 0.545. The van der Waals surface area contributed by atoms with Crippen LogP contribution in [0.3, 0.4) is 0 Å². The lowest BCUT2D eigenvalue weighted by atomic mass is 10.4. The zero-order chi connectivity index (χ0) is 6.62. The highest BCUT2D eigenvalue weighted by atomic mass is 16.3. The topological polar surface area (TPSA) is 20.2 Å². The number of hydrogen-bond acceptors (Lipinski definition) is 1. The van der Waals surface area contributed by atoms with Gasteiger partial charge in [0.2, 0.25) is 0 Å². The number of rotatable bonds is 3. The summed E-state index contributed by atoms with van der Waals surface area (Å²) in [7, 11) is 6.36. The molecule has 0 rings (SSSR count). The van der Waals surface area contributed by atoms with Crippen LogP contribution >= 0.6 is 0 Å². The molecule has 0 saturated carbocycles. The van der Waals surface area contributed by atoms with Gasteiger partial charge in [0.1, 0.15) is 0 Å². The van der Waals surface area contributed by atoms with Gasteiger partial charge < -0.3 is 9.59 Å². The number of nitrogens with zero attached hydrogens (tertiary/aromatic N) is 1. The summed E-state index contributed by atoms with van der Waals surface area (Å²) in [5.41, 5.74) is 0. The van der Waals surface area contributed by atoms with Crippen LogP contribution in [-0.2, 0) is 0 Å². The largest absolute Gasteiger partial charge is 0.396 e. The van der Waals surface area contributed by atoms with Crippen LogP contribution in [0, 0.1) is 0 Å². The van der Waals surface area contributed by atoms with Crippen molar-refractivity contribution in [3.8, 4) is 0 Å². The second kappa shape index (κ2) is 3.05. The molecular formula is C6H16NO+. The molecular weight excluding hydrogens is 102 g/mol. The van der Waals surface area contributed by atoms with Crippen molar-refractivity contribution in [3.63, 3.8) is 0 Å². The van der Waals surface area contributed by atoms with Gasteiger partial charge in [0, 0.05) is 13.0 Å². The van der Waals surface area contributed by atoms with E-state index >= 15 is 0 Å². The van der Waals surface area contributed by atoms with Gasteiger partial charge in [-0.25, -0.2) is 0 Å². The van der Waals surface area contributed by atoms with Gasteiger partial charge in [-0.1, -0.05) is 0 Å². The molecule has 2 nitrogen and oxygen atoms in total. The minimum absolute atomic E-state index is 0.315. The monoisotopic (exact) mass is 118 g/mol. The highest BCUT2D eigenvalue weighted by molar-refractivity contribution is 4.28. The summed E-state index contributed by atoms with van der Waals surface area (Å²) < 4.78 is 0.945. The molecule has 1 N–H and O–H groups in total. The van der Waals surface area contributed by atoms with Crippen molar-refractivity contribution in [2.24, 2.45) is 0 Å². The van der Waals surface area contributed by atoms with Crippen molar-refractivity contribution in [1.82, 2.24) is 0 Å². The van der Waals surface area contributed by atoms with E-state index in [1.807, 2.05) is 0 Å². The molecule has 0 spiro atoms. The maximum Gasteiger partial charge on any atom is 0.0802 e. The molecule has 0 aromatic rings. The minimum atomic E-state index is 0.315. The van der Waals surface area contributed by atoms with Gasteiger partial charge >= 0.3 is 0 Å². The van der Waals surface area contributed by atoms with E-state index < -0.39 is 0 Å². The molecule has 0 fully saturated rings. The van der Waals surface area contributed by atoms with Crippen LogP contribution in [0.5, 0.6) is 0 Å². The molecule has 0 aromatic carbocycles. The second-order valence-electron chi connectivity index (χ2n) is 3.09. The molecule has 0 atom stereocenters. The Hall–Kier alpha value is -0.0800. The molecule has 0 bridgehead atoms. The molecule has 50 valence electrons. The molecule has 0 aliphatic heterocycles. The van der Waals surface area contributed by atoms with Gasteiger partial charge in [-0.2, -0.15) is 0 Å². The Kier molecular flexibility index (Phi) is 3.02. The van der Waals surface area contributed by atoms with E-state index in [2.05, 4.69) is 21.1 Å². The summed E-state index contributed by atoms with van der Waals surface area (Å²) in [5, 5.41) is 8.42. The predicted octanol–water partition coefficient (Wildman–Crippen LogP) is 0.0750. The van der Waals surface area contributed by atoms with E-state index in [1.165, 1.54) is 0 Å². The Morgan fingerprint density at radius 3 is 1.88 bits per heavy atom. The van der Waals surface area contributed by atoms with Crippen LogP contribution in [0.25, 0.3) is 0 Å². The van der Waals surface area contributed by atoms with Gasteiger partial charge in [0.05, 0.1) is 27.7 Å². The number of quaternary nitrogens is 1. The van der Waals surface area contributed by atoms with E-state index in [0.717, 1.165) is 17.4 Å². The van der Waals surface area contributed by atoms with Crippen LogP contribution in [-0.4, -0.2) is 43.9 Å². The highest BCUT2D eigenvalue weighted by Gasteiger charge is 2.03. The zero-order valence-electron chi connectivity index (χ0n) is 6.02. The Labute approximate surface area is 51.3 Å². The lowest BCUT2D eigenvalue weighted by molar-refractivity contribution is -0.870. The first-order valence-electron chi connectivity index (χ1n) is 2.97. The fraction of sp³-hybridized carbons (Fsp3) is 1.00. The molecule has 0 saturated heterocycles. The lowest BCUT2D eigenvalue weighted by Crippen LogP contribution is -2.35. The molecule has 0 aliphatic rings. The summed E-state index contributed by atoms with van der Waals surface area (Å²) in [6.45, 7) is 1.37. The lowest BCUT2D eigenvalue weighted by Gasteiger charge is -2.22. The molecule has 0 heterocycles. The number of aliphatic hydroxyl groups excluding tert-OH is 1. The van der Waals surface area contributed by atoms with E-state index in [1.54, 1.807) is 0 Å². The van der Waals surface area contributed by atoms with Crippen LogP contribution in [0.2, 0.25) is 0 Å².